The smallest absolute Gasteiger partial charge is 0.161 e. The maximum absolute atomic E-state index is 4.35. The molecule has 0 bridgehead atoms. The molecular formula is C12H10Br2N2. The van der Waals surface area contributed by atoms with Crippen molar-refractivity contribution in [1.29, 1.82) is 0 Å². The summed E-state index contributed by atoms with van der Waals surface area (Å²) in [4.78, 5) is 8.70. The van der Waals surface area contributed by atoms with Crippen LogP contribution < -0.4 is 0 Å². The van der Waals surface area contributed by atoms with E-state index in [0.29, 0.717) is 0 Å². The maximum Gasteiger partial charge on any atom is 0.161 e. The quantitative estimate of drug-likeness (QED) is 0.723. The van der Waals surface area contributed by atoms with E-state index in [9.17, 15) is 0 Å². The second-order valence-electron chi connectivity index (χ2n) is 3.64. The first kappa shape index (κ1) is 11.7. The van der Waals surface area contributed by atoms with Gasteiger partial charge in [-0.1, -0.05) is 12.1 Å². The number of aryl methyl sites for hydroxylation is 2. The summed E-state index contributed by atoms with van der Waals surface area (Å²) in [6, 6.07) is 8.05. The van der Waals surface area contributed by atoms with Crippen LogP contribution in [-0.2, 0) is 0 Å². The van der Waals surface area contributed by atoms with Crippen LogP contribution in [0, 0.1) is 13.8 Å². The zero-order valence-corrected chi connectivity index (χ0v) is 12.1. The Morgan fingerprint density at radius 1 is 0.875 bits per heavy atom. The van der Waals surface area contributed by atoms with E-state index in [-0.39, 0.29) is 0 Å². The van der Waals surface area contributed by atoms with Crippen LogP contribution in [0.4, 0.5) is 0 Å². The Morgan fingerprint density at radius 2 is 1.50 bits per heavy atom. The molecule has 0 N–H and O–H groups in total. The Kier molecular flexibility index (Phi) is 3.40. The lowest BCUT2D eigenvalue weighted by Crippen LogP contribution is -1.91. The lowest BCUT2D eigenvalue weighted by atomic mass is 10.1. The van der Waals surface area contributed by atoms with Crippen LogP contribution in [0.2, 0.25) is 0 Å². The monoisotopic (exact) mass is 340 g/mol. The molecule has 0 fully saturated rings. The van der Waals surface area contributed by atoms with Crippen LogP contribution in [0.3, 0.4) is 0 Å². The van der Waals surface area contributed by atoms with E-state index in [1.54, 1.807) is 0 Å². The van der Waals surface area contributed by atoms with Gasteiger partial charge >= 0.3 is 0 Å². The highest BCUT2D eigenvalue weighted by Crippen LogP contribution is 2.22. The summed E-state index contributed by atoms with van der Waals surface area (Å²) in [6.45, 7) is 4.18. The highest BCUT2D eigenvalue weighted by Gasteiger charge is 2.05. The van der Waals surface area contributed by atoms with Crippen molar-refractivity contribution in [3.63, 3.8) is 0 Å². The average molecular weight is 342 g/mol. The first-order valence-corrected chi connectivity index (χ1v) is 6.42. The summed E-state index contributed by atoms with van der Waals surface area (Å²) in [5.74, 6) is 0.726. The van der Waals surface area contributed by atoms with E-state index >= 15 is 0 Å². The largest absolute Gasteiger partial charge is 0.221 e. The summed E-state index contributed by atoms with van der Waals surface area (Å²) in [7, 11) is 0. The standard InChI is InChI=1S/C12H10Br2N2/c1-7-3-4-9(5-8(7)2)12-15-10(13)6-11(14)16-12/h3-6H,1-2H3. The van der Waals surface area contributed by atoms with E-state index in [2.05, 4.69) is 67.8 Å². The van der Waals surface area contributed by atoms with Gasteiger partial charge in [0.2, 0.25) is 0 Å². The van der Waals surface area contributed by atoms with Gasteiger partial charge in [0, 0.05) is 11.6 Å². The second kappa shape index (κ2) is 4.63. The lowest BCUT2D eigenvalue weighted by molar-refractivity contribution is 1.12. The Balaban J connectivity index is 2.54. The highest BCUT2D eigenvalue weighted by molar-refractivity contribution is 9.11. The molecule has 0 spiro atoms. The fourth-order valence-corrected chi connectivity index (χ4v) is 2.48. The first-order valence-electron chi connectivity index (χ1n) is 4.84. The molecule has 1 heterocycles. The molecular weight excluding hydrogens is 332 g/mol. The summed E-state index contributed by atoms with van der Waals surface area (Å²) < 4.78 is 1.56. The molecule has 0 aliphatic heterocycles. The molecule has 82 valence electrons. The molecule has 16 heavy (non-hydrogen) atoms. The van der Waals surface area contributed by atoms with Crippen LogP contribution in [-0.4, -0.2) is 9.97 Å². The van der Waals surface area contributed by atoms with E-state index in [4.69, 9.17) is 0 Å². The number of halogens is 2. The summed E-state index contributed by atoms with van der Waals surface area (Å²) in [5, 5.41) is 0. The van der Waals surface area contributed by atoms with Gasteiger partial charge in [-0.15, -0.1) is 0 Å². The van der Waals surface area contributed by atoms with Gasteiger partial charge in [0.25, 0.3) is 0 Å². The molecule has 4 heteroatoms. The second-order valence-corrected chi connectivity index (χ2v) is 5.26. The zero-order chi connectivity index (χ0) is 11.7. The third kappa shape index (κ3) is 2.50. The predicted molar refractivity (Wildman–Crippen MR) is 72.3 cm³/mol. The summed E-state index contributed by atoms with van der Waals surface area (Å²) in [6.07, 6.45) is 0. The highest BCUT2D eigenvalue weighted by atomic mass is 79.9. The van der Waals surface area contributed by atoms with E-state index < -0.39 is 0 Å². The Labute approximate surface area is 111 Å². The van der Waals surface area contributed by atoms with E-state index in [1.165, 1.54) is 11.1 Å². The Hall–Kier alpha value is -0.740. The lowest BCUT2D eigenvalue weighted by Gasteiger charge is -2.05. The van der Waals surface area contributed by atoms with Crippen molar-refractivity contribution in [3.8, 4) is 11.4 Å². The van der Waals surface area contributed by atoms with Gasteiger partial charge in [0.05, 0.1) is 0 Å². The molecule has 2 nitrogen and oxygen atoms in total. The molecule has 0 amide bonds. The molecule has 2 aromatic rings. The minimum atomic E-state index is 0.726. The summed E-state index contributed by atoms with van der Waals surface area (Å²) in [5.41, 5.74) is 3.56. The van der Waals surface area contributed by atoms with Crippen molar-refractivity contribution in [2.75, 3.05) is 0 Å². The third-order valence-electron chi connectivity index (χ3n) is 2.43. The van der Waals surface area contributed by atoms with Gasteiger partial charge in [0.1, 0.15) is 9.21 Å². The van der Waals surface area contributed by atoms with Gasteiger partial charge in [-0.2, -0.15) is 0 Å². The van der Waals surface area contributed by atoms with Crippen molar-refractivity contribution in [1.82, 2.24) is 9.97 Å². The Morgan fingerprint density at radius 3 is 2.06 bits per heavy atom. The van der Waals surface area contributed by atoms with Crippen molar-refractivity contribution in [3.05, 3.63) is 44.6 Å². The SMILES string of the molecule is Cc1ccc(-c2nc(Br)cc(Br)n2)cc1C. The van der Waals surface area contributed by atoms with Crippen LogP contribution in [0.25, 0.3) is 11.4 Å². The molecule has 0 saturated heterocycles. The van der Waals surface area contributed by atoms with Crippen molar-refractivity contribution >= 4 is 31.9 Å². The van der Waals surface area contributed by atoms with Crippen LogP contribution >= 0.6 is 31.9 Å². The van der Waals surface area contributed by atoms with Gasteiger partial charge in [-0.3, -0.25) is 0 Å². The minimum Gasteiger partial charge on any atom is -0.221 e. The number of rotatable bonds is 1. The fraction of sp³-hybridized carbons (Fsp3) is 0.167. The number of nitrogens with zero attached hydrogens (tertiary/aromatic N) is 2. The van der Waals surface area contributed by atoms with Gasteiger partial charge < -0.3 is 0 Å². The van der Waals surface area contributed by atoms with Crippen LogP contribution in [0.15, 0.2) is 33.5 Å². The molecule has 0 unspecified atom stereocenters. The van der Waals surface area contributed by atoms with Crippen LogP contribution in [0.5, 0.6) is 0 Å². The average Bonchev–Trinajstić information content (AvgIpc) is 2.20. The van der Waals surface area contributed by atoms with Gasteiger partial charge in [-0.25, -0.2) is 9.97 Å². The molecule has 0 saturated carbocycles. The van der Waals surface area contributed by atoms with E-state index in [0.717, 1.165) is 20.6 Å². The molecule has 0 atom stereocenters. The Bertz CT molecular complexity index is 518. The van der Waals surface area contributed by atoms with Crippen LogP contribution in [0.1, 0.15) is 11.1 Å². The first-order chi connectivity index (χ1) is 7.56. The topological polar surface area (TPSA) is 25.8 Å². The number of hydrogen-bond donors (Lipinski definition) is 0. The number of hydrogen-bond acceptors (Lipinski definition) is 2. The molecule has 0 aliphatic rings. The van der Waals surface area contributed by atoms with Crippen molar-refractivity contribution in [2.24, 2.45) is 0 Å². The third-order valence-corrected chi connectivity index (χ3v) is 3.24. The van der Waals surface area contributed by atoms with Crippen molar-refractivity contribution in [2.45, 2.75) is 13.8 Å². The molecule has 0 radical (unpaired) electrons. The molecule has 2 rings (SSSR count). The normalized spacial score (nSPS) is 10.5. The van der Waals surface area contributed by atoms with Gasteiger partial charge in [-0.05, 0) is 62.9 Å². The zero-order valence-electron chi connectivity index (χ0n) is 8.96. The number of aromatic nitrogens is 2. The predicted octanol–water partition coefficient (Wildman–Crippen LogP) is 4.29. The molecule has 0 aliphatic carbocycles. The fourth-order valence-electron chi connectivity index (χ4n) is 1.40. The van der Waals surface area contributed by atoms with Gasteiger partial charge in [0.15, 0.2) is 5.82 Å². The molecule has 1 aromatic heterocycles. The maximum atomic E-state index is 4.35. The van der Waals surface area contributed by atoms with E-state index in [1.807, 2.05) is 12.1 Å². The van der Waals surface area contributed by atoms with Crippen molar-refractivity contribution < 1.29 is 0 Å². The molecule has 1 aromatic carbocycles. The summed E-state index contributed by atoms with van der Waals surface area (Å²) >= 11 is 6.72. The minimum absolute atomic E-state index is 0.726. The number of benzene rings is 1.